The molecule has 0 aromatic carbocycles. The third-order valence-electron chi connectivity index (χ3n) is 1.42. The van der Waals surface area contributed by atoms with E-state index < -0.39 is 13.0 Å². The quantitative estimate of drug-likeness (QED) is 0.645. The van der Waals surface area contributed by atoms with Crippen molar-refractivity contribution in [2.45, 2.75) is 11.3 Å². The van der Waals surface area contributed by atoms with Gasteiger partial charge in [0.1, 0.15) is 0 Å². The number of hydrogen-bond acceptors (Lipinski definition) is 4. The Bertz CT molecular complexity index is 319. The van der Waals surface area contributed by atoms with Gasteiger partial charge in [-0.05, 0) is 6.07 Å². The molecule has 0 aliphatic carbocycles. The lowest BCUT2D eigenvalue weighted by molar-refractivity contribution is -0.322. The molecular weight excluding hydrogens is 229 g/mol. The summed E-state index contributed by atoms with van der Waals surface area (Å²) in [6, 6.07) is 1.65. The molecule has 1 heterocycles. The molecule has 15 heavy (non-hydrogen) atoms. The number of halogens is 3. The minimum absolute atomic E-state index is 0.188. The molecule has 0 saturated carbocycles. The molecule has 0 atom stereocenters. The Morgan fingerprint density at radius 2 is 2.20 bits per heavy atom. The summed E-state index contributed by atoms with van der Waals surface area (Å²) in [6.07, 6.45) is -1.58. The van der Waals surface area contributed by atoms with E-state index in [-0.39, 0.29) is 5.75 Å². The average molecular weight is 238 g/mol. The Labute approximate surface area is 88.8 Å². The van der Waals surface area contributed by atoms with Crippen molar-refractivity contribution in [3.63, 3.8) is 0 Å². The van der Waals surface area contributed by atoms with E-state index in [1.807, 2.05) is 0 Å². The topological polar surface area (TPSA) is 48.1 Å². The lowest BCUT2D eigenvalue weighted by atomic mass is 10.4. The number of anilines is 1. The van der Waals surface area contributed by atoms with Crippen LogP contribution in [0.4, 0.5) is 18.9 Å². The summed E-state index contributed by atoms with van der Waals surface area (Å²) in [7, 11) is 0. The van der Waals surface area contributed by atoms with E-state index in [1.165, 1.54) is 24.2 Å². The molecule has 3 nitrogen and oxygen atoms in total. The highest BCUT2D eigenvalue weighted by atomic mass is 32.2. The molecular formula is C8H9F3N2OS. The SMILES string of the molecule is Nc1cnccc1SCCOC(F)(F)F. The summed E-state index contributed by atoms with van der Waals surface area (Å²) in [5.41, 5.74) is 6.00. The van der Waals surface area contributed by atoms with Gasteiger partial charge in [0.2, 0.25) is 0 Å². The largest absolute Gasteiger partial charge is 0.522 e. The summed E-state index contributed by atoms with van der Waals surface area (Å²) >= 11 is 1.20. The predicted molar refractivity (Wildman–Crippen MR) is 51.4 cm³/mol. The Morgan fingerprint density at radius 1 is 1.47 bits per heavy atom. The molecule has 0 amide bonds. The Kier molecular flexibility index (Phi) is 4.22. The van der Waals surface area contributed by atoms with Gasteiger partial charge in [-0.25, -0.2) is 0 Å². The standard InChI is InChI=1S/C8H9F3N2OS/c9-8(10,11)14-3-4-15-7-1-2-13-5-6(7)12/h1-2,5H,3-4,12H2. The van der Waals surface area contributed by atoms with Gasteiger partial charge in [-0.2, -0.15) is 0 Å². The molecule has 0 spiro atoms. The van der Waals surface area contributed by atoms with E-state index in [0.29, 0.717) is 10.6 Å². The second-order valence-corrected chi connectivity index (χ2v) is 3.69. The number of hydrogen-bond donors (Lipinski definition) is 1. The fourth-order valence-corrected chi connectivity index (χ4v) is 1.60. The van der Waals surface area contributed by atoms with E-state index in [1.54, 1.807) is 6.07 Å². The van der Waals surface area contributed by atoms with Gasteiger partial charge in [0.15, 0.2) is 0 Å². The smallest absolute Gasteiger partial charge is 0.397 e. The maximum absolute atomic E-state index is 11.6. The highest BCUT2D eigenvalue weighted by molar-refractivity contribution is 7.99. The molecule has 84 valence electrons. The average Bonchev–Trinajstić information content (AvgIpc) is 2.13. The first-order chi connectivity index (χ1) is 6.99. The van der Waals surface area contributed by atoms with Crippen molar-refractivity contribution in [3.8, 4) is 0 Å². The van der Waals surface area contributed by atoms with Gasteiger partial charge in [0.25, 0.3) is 0 Å². The number of ether oxygens (including phenoxy) is 1. The summed E-state index contributed by atoms with van der Waals surface area (Å²) in [5.74, 6) is 0.188. The van der Waals surface area contributed by atoms with Crippen LogP contribution in [0.5, 0.6) is 0 Å². The maximum Gasteiger partial charge on any atom is 0.522 e. The first-order valence-electron chi connectivity index (χ1n) is 4.02. The molecule has 0 radical (unpaired) electrons. The second kappa shape index (κ2) is 5.22. The van der Waals surface area contributed by atoms with Crippen molar-refractivity contribution < 1.29 is 17.9 Å². The highest BCUT2D eigenvalue weighted by Gasteiger charge is 2.28. The van der Waals surface area contributed by atoms with Crippen LogP contribution in [0.2, 0.25) is 0 Å². The molecule has 0 aliphatic heterocycles. The molecule has 1 rings (SSSR count). The zero-order valence-corrected chi connectivity index (χ0v) is 8.44. The van der Waals surface area contributed by atoms with Gasteiger partial charge in [-0.3, -0.25) is 9.72 Å². The molecule has 0 fully saturated rings. The second-order valence-electron chi connectivity index (χ2n) is 2.56. The number of nitrogen functional groups attached to an aromatic ring is 1. The Hall–Kier alpha value is -0.950. The number of nitrogens with two attached hydrogens (primary N) is 1. The molecule has 0 saturated heterocycles. The fraction of sp³-hybridized carbons (Fsp3) is 0.375. The first-order valence-corrected chi connectivity index (χ1v) is 5.00. The van der Waals surface area contributed by atoms with Crippen molar-refractivity contribution in [2.75, 3.05) is 18.1 Å². The van der Waals surface area contributed by atoms with Crippen LogP contribution in [0.25, 0.3) is 0 Å². The molecule has 0 aliphatic rings. The molecule has 1 aromatic heterocycles. The van der Waals surface area contributed by atoms with Gasteiger partial charge in [-0.1, -0.05) is 0 Å². The minimum Gasteiger partial charge on any atom is -0.397 e. The Balaban J connectivity index is 2.30. The van der Waals surface area contributed by atoms with E-state index in [9.17, 15) is 13.2 Å². The predicted octanol–water partition coefficient (Wildman–Crippen LogP) is 2.29. The maximum atomic E-state index is 11.6. The fourth-order valence-electron chi connectivity index (χ4n) is 0.834. The van der Waals surface area contributed by atoms with Crippen LogP contribution in [0, 0.1) is 0 Å². The number of rotatable bonds is 4. The van der Waals surface area contributed by atoms with Gasteiger partial charge in [0, 0.05) is 16.8 Å². The van der Waals surface area contributed by atoms with Crippen LogP contribution in [0.3, 0.4) is 0 Å². The van der Waals surface area contributed by atoms with E-state index >= 15 is 0 Å². The molecule has 7 heteroatoms. The van der Waals surface area contributed by atoms with Crippen molar-refractivity contribution in [2.24, 2.45) is 0 Å². The number of thioether (sulfide) groups is 1. The monoisotopic (exact) mass is 238 g/mol. The summed E-state index contributed by atoms with van der Waals surface area (Å²) in [6.45, 7) is -0.393. The van der Waals surface area contributed by atoms with Gasteiger partial charge >= 0.3 is 6.36 Å². The highest BCUT2D eigenvalue weighted by Crippen LogP contribution is 2.24. The van der Waals surface area contributed by atoms with Crippen LogP contribution in [0.1, 0.15) is 0 Å². The number of nitrogens with zero attached hydrogens (tertiary/aromatic N) is 1. The first kappa shape index (κ1) is 12.1. The summed E-state index contributed by atoms with van der Waals surface area (Å²) < 4.78 is 38.4. The van der Waals surface area contributed by atoms with Crippen LogP contribution in [-0.2, 0) is 4.74 Å². The normalized spacial score (nSPS) is 11.7. The van der Waals surface area contributed by atoms with Crippen molar-refractivity contribution in [3.05, 3.63) is 18.5 Å². The summed E-state index contributed by atoms with van der Waals surface area (Å²) in [4.78, 5) is 4.47. The minimum atomic E-state index is -4.57. The van der Waals surface area contributed by atoms with E-state index in [0.717, 1.165) is 0 Å². The van der Waals surface area contributed by atoms with E-state index in [2.05, 4.69) is 9.72 Å². The third kappa shape index (κ3) is 4.89. The lowest BCUT2D eigenvalue weighted by Gasteiger charge is -2.07. The van der Waals surface area contributed by atoms with Crippen LogP contribution in [-0.4, -0.2) is 23.7 Å². The molecule has 0 unspecified atom stereocenters. The molecule has 2 N–H and O–H groups in total. The van der Waals surface area contributed by atoms with Crippen LogP contribution in [0.15, 0.2) is 23.4 Å². The van der Waals surface area contributed by atoms with Crippen molar-refractivity contribution >= 4 is 17.4 Å². The zero-order chi connectivity index (χ0) is 11.3. The Morgan fingerprint density at radius 3 is 2.80 bits per heavy atom. The molecule has 0 bridgehead atoms. The van der Waals surface area contributed by atoms with Crippen molar-refractivity contribution in [1.82, 2.24) is 4.98 Å². The van der Waals surface area contributed by atoms with Gasteiger partial charge < -0.3 is 5.73 Å². The lowest BCUT2D eigenvalue weighted by Crippen LogP contribution is -2.15. The van der Waals surface area contributed by atoms with Crippen molar-refractivity contribution in [1.29, 1.82) is 0 Å². The number of alkyl halides is 3. The third-order valence-corrected chi connectivity index (χ3v) is 2.47. The van der Waals surface area contributed by atoms with Crippen LogP contribution >= 0.6 is 11.8 Å². The van der Waals surface area contributed by atoms with Gasteiger partial charge in [-0.15, -0.1) is 24.9 Å². The zero-order valence-electron chi connectivity index (χ0n) is 7.62. The number of aromatic nitrogens is 1. The summed E-state index contributed by atoms with van der Waals surface area (Å²) in [5, 5.41) is 0. The van der Waals surface area contributed by atoms with E-state index in [4.69, 9.17) is 5.73 Å². The van der Waals surface area contributed by atoms with Crippen LogP contribution < -0.4 is 5.73 Å². The number of pyridine rings is 1. The van der Waals surface area contributed by atoms with Gasteiger partial charge in [0.05, 0.1) is 18.5 Å². The molecule has 1 aromatic rings.